The first-order chi connectivity index (χ1) is 9.51. The number of aromatic nitrogens is 1. The normalized spacial score (nSPS) is 12.6. The van der Waals surface area contributed by atoms with Crippen molar-refractivity contribution in [2.45, 2.75) is 44.9 Å². The second kappa shape index (κ2) is 6.68. The molecule has 1 unspecified atom stereocenters. The molecule has 1 aromatic heterocycles. The van der Waals surface area contributed by atoms with Crippen LogP contribution >= 0.6 is 27.3 Å². The average molecular weight is 355 g/mol. The molecule has 0 saturated heterocycles. The molecule has 2 rings (SSSR count). The molecule has 0 fully saturated rings. The minimum absolute atomic E-state index is 0.00838. The summed E-state index contributed by atoms with van der Waals surface area (Å²) in [7, 11) is 0. The Hall–Kier alpha value is -0.940. The highest BCUT2D eigenvalue weighted by Crippen LogP contribution is 2.28. The molecule has 108 valence electrons. The quantitative estimate of drug-likeness (QED) is 0.783. The first-order valence-corrected chi connectivity index (χ1v) is 8.57. The molecule has 1 heterocycles. The average Bonchev–Trinajstić information content (AvgIpc) is 2.77. The third-order valence-electron chi connectivity index (χ3n) is 3.33. The van der Waals surface area contributed by atoms with Crippen molar-refractivity contribution in [1.82, 2.24) is 4.98 Å². The summed E-state index contributed by atoms with van der Waals surface area (Å²) in [5.41, 5.74) is 3.43. The summed E-state index contributed by atoms with van der Waals surface area (Å²) in [5.74, 6) is -0.00838. The predicted octanol–water partition coefficient (Wildman–Crippen LogP) is 4.81. The van der Waals surface area contributed by atoms with Crippen LogP contribution in [0.25, 0.3) is 10.2 Å². The lowest BCUT2D eigenvalue weighted by Gasteiger charge is -2.07. The number of aryl methyl sites for hydroxylation is 2. The van der Waals surface area contributed by atoms with Crippen LogP contribution in [0.2, 0.25) is 0 Å². The SMILES string of the molecule is CCCCC(Br)C(=O)Nc1nc2cc(C)c(C)cc2s1. The molecule has 0 bridgehead atoms. The molecular weight excluding hydrogens is 336 g/mol. The lowest BCUT2D eigenvalue weighted by molar-refractivity contribution is -0.115. The van der Waals surface area contributed by atoms with Crippen molar-refractivity contribution < 1.29 is 4.79 Å². The van der Waals surface area contributed by atoms with Gasteiger partial charge in [-0.2, -0.15) is 0 Å². The zero-order chi connectivity index (χ0) is 14.7. The summed E-state index contributed by atoms with van der Waals surface area (Å²) < 4.78 is 1.11. The zero-order valence-corrected chi connectivity index (χ0v) is 14.4. The van der Waals surface area contributed by atoms with E-state index < -0.39 is 0 Å². The van der Waals surface area contributed by atoms with Crippen LogP contribution in [0, 0.1) is 13.8 Å². The Kier molecular flexibility index (Phi) is 5.16. The van der Waals surface area contributed by atoms with Crippen molar-refractivity contribution in [2.24, 2.45) is 0 Å². The van der Waals surface area contributed by atoms with Gasteiger partial charge < -0.3 is 5.32 Å². The fourth-order valence-corrected chi connectivity index (χ4v) is 3.32. The van der Waals surface area contributed by atoms with Gasteiger partial charge in [0.1, 0.15) is 0 Å². The Labute approximate surface area is 131 Å². The number of hydrogen-bond donors (Lipinski definition) is 1. The highest BCUT2D eigenvalue weighted by molar-refractivity contribution is 9.10. The summed E-state index contributed by atoms with van der Waals surface area (Å²) in [5, 5.41) is 3.58. The Morgan fingerprint density at radius 2 is 2.10 bits per heavy atom. The molecule has 20 heavy (non-hydrogen) atoms. The number of benzene rings is 1. The van der Waals surface area contributed by atoms with E-state index in [9.17, 15) is 4.79 Å². The van der Waals surface area contributed by atoms with Gasteiger partial charge in [0.15, 0.2) is 5.13 Å². The second-order valence-corrected chi connectivity index (χ2v) is 7.16. The van der Waals surface area contributed by atoms with Gasteiger partial charge in [-0.3, -0.25) is 4.79 Å². The largest absolute Gasteiger partial charge is 0.301 e. The molecule has 1 aromatic carbocycles. The monoisotopic (exact) mass is 354 g/mol. The molecule has 0 aliphatic rings. The van der Waals surface area contributed by atoms with Gasteiger partial charge in [0.25, 0.3) is 0 Å². The van der Waals surface area contributed by atoms with Crippen LogP contribution in [0.1, 0.15) is 37.3 Å². The molecule has 1 N–H and O–H groups in total. The van der Waals surface area contributed by atoms with Gasteiger partial charge in [-0.15, -0.1) is 0 Å². The van der Waals surface area contributed by atoms with Crippen molar-refractivity contribution in [2.75, 3.05) is 5.32 Å². The zero-order valence-electron chi connectivity index (χ0n) is 12.0. The van der Waals surface area contributed by atoms with Crippen LogP contribution in [0.15, 0.2) is 12.1 Å². The summed E-state index contributed by atoms with van der Waals surface area (Å²) in [4.78, 5) is 16.4. The van der Waals surface area contributed by atoms with E-state index in [1.807, 2.05) is 0 Å². The van der Waals surface area contributed by atoms with E-state index in [-0.39, 0.29) is 10.7 Å². The topological polar surface area (TPSA) is 42.0 Å². The van der Waals surface area contributed by atoms with Crippen molar-refractivity contribution >= 4 is 48.5 Å². The van der Waals surface area contributed by atoms with Crippen LogP contribution in [0.5, 0.6) is 0 Å². The summed E-state index contributed by atoms with van der Waals surface area (Å²) >= 11 is 4.96. The van der Waals surface area contributed by atoms with Crippen LogP contribution in [0.3, 0.4) is 0 Å². The number of fused-ring (bicyclic) bond motifs is 1. The van der Waals surface area contributed by atoms with E-state index in [1.165, 1.54) is 22.5 Å². The molecule has 1 amide bonds. The number of amides is 1. The lowest BCUT2D eigenvalue weighted by atomic mass is 10.1. The van der Waals surface area contributed by atoms with E-state index >= 15 is 0 Å². The fraction of sp³-hybridized carbons (Fsp3) is 0.467. The summed E-state index contributed by atoms with van der Waals surface area (Å²) in [6.45, 7) is 6.29. The van der Waals surface area contributed by atoms with Crippen molar-refractivity contribution in [3.05, 3.63) is 23.3 Å². The first-order valence-electron chi connectivity index (χ1n) is 6.84. The number of thiazole rings is 1. The number of alkyl halides is 1. The number of carbonyl (C=O) groups excluding carboxylic acids is 1. The van der Waals surface area contributed by atoms with Crippen molar-refractivity contribution in [3.8, 4) is 0 Å². The Morgan fingerprint density at radius 1 is 1.40 bits per heavy atom. The number of nitrogens with zero attached hydrogens (tertiary/aromatic N) is 1. The molecule has 5 heteroatoms. The van der Waals surface area contributed by atoms with Crippen LogP contribution < -0.4 is 5.32 Å². The van der Waals surface area contributed by atoms with Gasteiger partial charge in [0.2, 0.25) is 5.91 Å². The Morgan fingerprint density at radius 3 is 2.80 bits per heavy atom. The summed E-state index contributed by atoms with van der Waals surface area (Å²) in [6, 6.07) is 4.19. The number of rotatable bonds is 5. The predicted molar refractivity (Wildman–Crippen MR) is 90.0 cm³/mol. The highest BCUT2D eigenvalue weighted by atomic mass is 79.9. The molecule has 1 atom stereocenters. The number of carbonyl (C=O) groups is 1. The standard InChI is InChI=1S/C15H19BrN2OS/c1-4-5-6-11(16)14(19)18-15-17-12-7-9(2)10(3)8-13(12)20-15/h7-8,11H,4-6H2,1-3H3,(H,17,18,19). The van der Waals surface area contributed by atoms with Gasteiger partial charge in [-0.05, 0) is 43.5 Å². The van der Waals surface area contributed by atoms with Gasteiger partial charge in [-0.1, -0.05) is 47.0 Å². The number of anilines is 1. The first kappa shape index (κ1) is 15.4. The Bertz CT molecular complexity index is 585. The highest BCUT2D eigenvalue weighted by Gasteiger charge is 2.16. The Balaban J connectivity index is 2.12. The lowest BCUT2D eigenvalue weighted by Crippen LogP contribution is -2.22. The van der Waals surface area contributed by atoms with E-state index in [0.29, 0.717) is 5.13 Å². The van der Waals surface area contributed by atoms with Gasteiger partial charge in [-0.25, -0.2) is 4.98 Å². The maximum atomic E-state index is 12.0. The third-order valence-corrected chi connectivity index (χ3v) is 5.14. The van der Waals surface area contributed by atoms with Crippen LogP contribution in [0.4, 0.5) is 5.13 Å². The minimum Gasteiger partial charge on any atom is -0.301 e. The molecular formula is C15H19BrN2OS. The molecule has 0 radical (unpaired) electrons. The van der Waals surface area contributed by atoms with Gasteiger partial charge >= 0.3 is 0 Å². The van der Waals surface area contributed by atoms with Gasteiger partial charge in [0, 0.05) is 0 Å². The molecule has 0 saturated carbocycles. The van der Waals surface area contributed by atoms with E-state index in [0.717, 1.165) is 29.5 Å². The minimum atomic E-state index is -0.141. The number of halogens is 1. The number of unbranched alkanes of at least 4 members (excludes halogenated alkanes) is 1. The van der Waals surface area contributed by atoms with E-state index in [1.54, 1.807) is 0 Å². The molecule has 0 aliphatic carbocycles. The number of hydrogen-bond acceptors (Lipinski definition) is 3. The molecule has 2 aromatic rings. The fourth-order valence-electron chi connectivity index (χ4n) is 1.93. The molecule has 0 spiro atoms. The smallest absolute Gasteiger partial charge is 0.239 e. The third kappa shape index (κ3) is 3.58. The van der Waals surface area contributed by atoms with Crippen molar-refractivity contribution in [1.29, 1.82) is 0 Å². The molecule has 0 aliphatic heterocycles. The van der Waals surface area contributed by atoms with Crippen LogP contribution in [-0.2, 0) is 4.79 Å². The van der Waals surface area contributed by atoms with Gasteiger partial charge in [0.05, 0.1) is 15.0 Å². The maximum absolute atomic E-state index is 12.0. The molecule has 3 nitrogen and oxygen atoms in total. The summed E-state index contributed by atoms with van der Waals surface area (Å²) in [6.07, 6.45) is 2.99. The van der Waals surface area contributed by atoms with Crippen molar-refractivity contribution in [3.63, 3.8) is 0 Å². The van der Waals surface area contributed by atoms with Crippen LogP contribution in [-0.4, -0.2) is 15.7 Å². The maximum Gasteiger partial charge on any atom is 0.239 e. The van der Waals surface area contributed by atoms with E-state index in [4.69, 9.17) is 0 Å². The second-order valence-electron chi connectivity index (χ2n) is 5.02. The number of nitrogens with one attached hydrogen (secondary N) is 1. The van der Waals surface area contributed by atoms with E-state index in [2.05, 4.69) is 59.1 Å².